The molecule has 1 N–H and O–H groups in total. The summed E-state index contributed by atoms with van der Waals surface area (Å²) >= 11 is 0. The number of aryl methyl sites for hydroxylation is 1. The van der Waals surface area contributed by atoms with Crippen molar-refractivity contribution < 1.29 is 14.3 Å². The van der Waals surface area contributed by atoms with Gasteiger partial charge in [-0.15, -0.1) is 0 Å². The number of morpholine rings is 1. The van der Waals surface area contributed by atoms with Gasteiger partial charge in [0.2, 0.25) is 0 Å². The molecule has 0 unspecified atom stereocenters. The molecule has 7 heteroatoms. The molecule has 3 heterocycles. The zero-order chi connectivity index (χ0) is 16.2. The second-order valence-electron chi connectivity index (χ2n) is 6.32. The first-order valence-electron chi connectivity index (χ1n) is 8.33. The second-order valence-corrected chi connectivity index (χ2v) is 6.32. The van der Waals surface area contributed by atoms with E-state index >= 15 is 0 Å². The lowest BCUT2D eigenvalue weighted by atomic mass is 9.96. The largest absolute Gasteiger partial charge is 0.381 e. The molecule has 0 bridgehead atoms. The maximum Gasteiger partial charge on any atom is 0.254 e. The minimum absolute atomic E-state index is 0.0484. The highest BCUT2D eigenvalue weighted by Gasteiger charge is 2.32. The van der Waals surface area contributed by atoms with Gasteiger partial charge in [0, 0.05) is 50.9 Å². The van der Waals surface area contributed by atoms with Crippen LogP contribution in [0.2, 0.25) is 0 Å². The number of aromatic nitrogens is 2. The fraction of sp³-hybridized carbons (Fsp3) is 0.750. The third kappa shape index (κ3) is 3.73. The van der Waals surface area contributed by atoms with E-state index in [1.165, 1.54) is 0 Å². The Kier molecular flexibility index (Phi) is 5.30. The van der Waals surface area contributed by atoms with Gasteiger partial charge in [-0.2, -0.15) is 5.10 Å². The predicted octanol–water partition coefficient (Wildman–Crippen LogP) is 0.196. The molecule has 0 radical (unpaired) electrons. The van der Waals surface area contributed by atoms with Crippen molar-refractivity contribution in [2.75, 3.05) is 46.1 Å². The monoisotopic (exact) mass is 322 g/mol. The van der Waals surface area contributed by atoms with E-state index in [1.807, 2.05) is 14.0 Å². The molecule has 1 aromatic rings. The van der Waals surface area contributed by atoms with E-state index in [0.29, 0.717) is 24.1 Å². The van der Waals surface area contributed by atoms with Crippen LogP contribution in [0.1, 0.15) is 22.5 Å². The summed E-state index contributed by atoms with van der Waals surface area (Å²) in [6.45, 7) is 7.52. The number of nitrogens with zero attached hydrogens (tertiary/aromatic N) is 3. The Morgan fingerprint density at radius 1 is 1.39 bits per heavy atom. The van der Waals surface area contributed by atoms with Crippen molar-refractivity contribution in [3.63, 3.8) is 0 Å². The Morgan fingerprint density at radius 2 is 2.17 bits per heavy atom. The van der Waals surface area contributed by atoms with Crippen LogP contribution in [0.5, 0.6) is 0 Å². The van der Waals surface area contributed by atoms with Crippen molar-refractivity contribution in [2.45, 2.75) is 19.4 Å². The third-order valence-electron chi connectivity index (χ3n) is 4.98. The van der Waals surface area contributed by atoms with Crippen LogP contribution < -0.4 is 5.32 Å². The summed E-state index contributed by atoms with van der Waals surface area (Å²) in [5.74, 6) is 0.427. The lowest BCUT2D eigenvalue weighted by Gasteiger charge is -2.37. The molecule has 0 aromatic carbocycles. The topological polar surface area (TPSA) is 68.6 Å². The highest BCUT2D eigenvalue weighted by atomic mass is 16.5. The molecule has 2 saturated heterocycles. The summed E-state index contributed by atoms with van der Waals surface area (Å²) in [6, 6.07) is 0.308. The Morgan fingerprint density at radius 3 is 2.78 bits per heavy atom. The first-order valence-corrected chi connectivity index (χ1v) is 8.33. The summed E-state index contributed by atoms with van der Waals surface area (Å²) in [4.78, 5) is 14.9. The van der Waals surface area contributed by atoms with Crippen LogP contribution in [0, 0.1) is 12.8 Å². The third-order valence-corrected chi connectivity index (χ3v) is 4.98. The highest BCUT2D eigenvalue weighted by molar-refractivity contribution is 5.95. The number of hydrogen-bond donors (Lipinski definition) is 1. The van der Waals surface area contributed by atoms with Gasteiger partial charge in [-0.05, 0) is 13.3 Å². The number of carbonyl (C=O) groups is 1. The fourth-order valence-electron chi connectivity index (χ4n) is 3.37. The van der Waals surface area contributed by atoms with E-state index in [1.54, 1.807) is 10.9 Å². The van der Waals surface area contributed by atoms with Crippen LogP contribution in [0.25, 0.3) is 0 Å². The van der Waals surface area contributed by atoms with Crippen molar-refractivity contribution in [2.24, 2.45) is 13.0 Å². The Balaban J connectivity index is 1.63. The molecule has 2 atom stereocenters. The summed E-state index contributed by atoms with van der Waals surface area (Å²) < 4.78 is 12.7. The molecule has 3 rings (SSSR count). The molecule has 7 nitrogen and oxygen atoms in total. The molecule has 2 aliphatic heterocycles. The molecule has 0 saturated carbocycles. The predicted molar refractivity (Wildman–Crippen MR) is 85.4 cm³/mol. The standard InChI is InChI=1S/C16H26N4O3/c1-12-14(9-18-19(12)2)16(21)17-10-15(13-3-6-23-11-13)20-4-7-22-8-5-20/h9,13,15H,3-8,10-11H2,1-2H3,(H,17,21)/t13-,15-/m1/s1. The number of nitrogens with one attached hydrogen (secondary N) is 1. The molecule has 0 aliphatic carbocycles. The van der Waals surface area contributed by atoms with Crippen LogP contribution in [0.15, 0.2) is 6.20 Å². The van der Waals surface area contributed by atoms with Gasteiger partial charge in [-0.25, -0.2) is 0 Å². The molecule has 23 heavy (non-hydrogen) atoms. The van der Waals surface area contributed by atoms with Crippen molar-refractivity contribution in [3.05, 3.63) is 17.5 Å². The van der Waals surface area contributed by atoms with Crippen molar-refractivity contribution >= 4 is 5.91 Å². The first kappa shape index (κ1) is 16.4. The molecular formula is C16H26N4O3. The number of carbonyl (C=O) groups excluding carboxylic acids is 1. The van der Waals surface area contributed by atoms with Gasteiger partial charge >= 0.3 is 0 Å². The van der Waals surface area contributed by atoms with E-state index in [2.05, 4.69) is 15.3 Å². The summed E-state index contributed by atoms with van der Waals surface area (Å²) in [5, 5.41) is 7.24. The molecule has 2 aliphatic rings. The van der Waals surface area contributed by atoms with Gasteiger partial charge in [-0.1, -0.05) is 0 Å². The van der Waals surface area contributed by atoms with Gasteiger partial charge in [0.25, 0.3) is 5.91 Å². The molecule has 1 aromatic heterocycles. The lowest BCUT2D eigenvalue weighted by Crippen LogP contribution is -2.52. The molecule has 128 valence electrons. The zero-order valence-corrected chi connectivity index (χ0v) is 14.0. The van der Waals surface area contributed by atoms with Crippen molar-refractivity contribution in [1.29, 1.82) is 0 Å². The quantitative estimate of drug-likeness (QED) is 0.838. The summed E-state index contributed by atoms with van der Waals surface area (Å²) in [5.41, 5.74) is 1.53. The number of hydrogen-bond acceptors (Lipinski definition) is 5. The van der Waals surface area contributed by atoms with Gasteiger partial charge in [0.15, 0.2) is 0 Å². The van der Waals surface area contributed by atoms with Crippen LogP contribution in [0.4, 0.5) is 0 Å². The Labute approximate surface area is 136 Å². The Hall–Kier alpha value is -1.44. The number of amides is 1. The van der Waals surface area contributed by atoms with Crippen LogP contribution in [-0.4, -0.2) is 72.7 Å². The van der Waals surface area contributed by atoms with E-state index in [-0.39, 0.29) is 5.91 Å². The molecule has 2 fully saturated rings. The van der Waals surface area contributed by atoms with Crippen LogP contribution in [0.3, 0.4) is 0 Å². The molecular weight excluding hydrogens is 296 g/mol. The SMILES string of the molecule is Cc1c(C(=O)NC[C@H]([C@@H]2CCOC2)N2CCOCC2)cnn1C. The molecule has 1 amide bonds. The highest BCUT2D eigenvalue weighted by Crippen LogP contribution is 2.22. The minimum Gasteiger partial charge on any atom is -0.381 e. The van der Waals surface area contributed by atoms with Gasteiger partial charge < -0.3 is 14.8 Å². The molecule has 0 spiro atoms. The van der Waals surface area contributed by atoms with Gasteiger partial charge in [0.1, 0.15) is 0 Å². The smallest absolute Gasteiger partial charge is 0.254 e. The van der Waals surface area contributed by atoms with Crippen molar-refractivity contribution in [1.82, 2.24) is 20.0 Å². The lowest BCUT2D eigenvalue weighted by molar-refractivity contribution is 0.00166. The van der Waals surface area contributed by atoms with Crippen LogP contribution in [-0.2, 0) is 16.5 Å². The number of rotatable bonds is 5. The first-order chi connectivity index (χ1) is 11.2. The summed E-state index contributed by atoms with van der Waals surface area (Å²) in [7, 11) is 1.85. The van der Waals surface area contributed by atoms with E-state index in [0.717, 1.165) is 51.6 Å². The maximum atomic E-state index is 12.4. The second kappa shape index (κ2) is 7.42. The average Bonchev–Trinajstić information content (AvgIpc) is 3.20. The van der Waals surface area contributed by atoms with E-state index in [4.69, 9.17) is 9.47 Å². The van der Waals surface area contributed by atoms with Gasteiger partial charge in [-0.3, -0.25) is 14.4 Å². The van der Waals surface area contributed by atoms with E-state index < -0.39 is 0 Å². The summed E-state index contributed by atoms with van der Waals surface area (Å²) in [6.07, 6.45) is 2.69. The fourth-order valence-corrected chi connectivity index (χ4v) is 3.37. The average molecular weight is 322 g/mol. The van der Waals surface area contributed by atoms with Crippen molar-refractivity contribution in [3.8, 4) is 0 Å². The van der Waals surface area contributed by atoms with Gasteiger partial charge in [0.05, 0.1) is 31.6 Å². The Bertz CT molecular complexity index is 533. The van der Waals surface area contributed by atoms with E-state index in [9.17, 15) is 4.79 Å². The maximum absolute atomic E-state index is 12.4. The normalized spacial score (nSPS) is 23.8. The minimum atomic E-state index is -0.0484. The van der Waals surface area contributed by atoms with Crippen LogP contribution >= 0.6 is 0 Å². The number of ether oxygens (including phenoxy) is 2. The zero-order valence-electron chi connectivity index (χ0n) is 14.0.